The van der Waals surface area contributed by atoms with Crippen molar-refractivity contribution < 1.29 is 14.4 Å². The Labute approximate surface area is 114 Å². The lowest BCUT2D eigenvalue weighted by molar-refractivity contribution is -0.152. The third kappa shape index (κ3) is 4.20. The van der Waals surface area contributed by atoms with Gasteiger partial charge in [-0.25, -0.2) is 5.48 Å². The van der Waals surface area contributed by atoms with Crippen LogP contribution in [0.2, 0.25) is 0 Å². The lowest BCUT2D eigenvalue weighted by Crippen LogP contribution is -2.44. The number of amides is 2. The van der Waals surface area contributed by atoms with E-state index in [1.165, 1.54) is 0 Å². The summed E-state index contributed by atoms with van der Waals surface area (Å²) in [5.41, 5.74) is 2.15. The van der Waals surface area contributed by atoms with E-state index in [9.17, 15) is 9.59 Å². The second-order valence-corrected chi connectivity index (χ2v) is 6.55. The Bertz CT molecular complexity index is 350. The summed E-state index contributed by atoms with van der Waals surface area (Å²) in [6, 6.07) is 0. The molecule has 0 radical (unpaired) electrons. The average molecular weight is 268 g/mol. The Kier molecular flexibility index (Phi) is 4.13. The molecule has 1 aliphatic heterocycles. The molecule has 0 aromatic rings. The van der Waals surface area contributed by atoms with Crippen LogP contribution in [-0.2, 0) is 14.4 Å². The van der Waals surface area contributed by atoms with Crippen LogP contribution in [0.4, 0.5) is 0 Å². The number of hydrogen-bond donors (Lipinski definition) is 1. The summed E-state index contributed by atoms with van der Waals surface area (Å²) in [6.45, 7) is 7.07. The van der Waals surface area contributed by atoms with Crippen LogP contribution in [-0.4, -0.2) is 35.4 Å². The zero-order valence-electron chi connectivity index (χ0n) is 12.1. The molecule has 1 N–H and O–H groups in total. The standard InChI is InChI=1S/C14H24N2O3/c1-14(2,3)19-15-12(17)10-6-8-16(9-7-10)13(18)11-4-5-11/h10-11H,4-9H2,1-3H3,(H,15,17). The normalized spacial score (nSPS) is 21.3. The van der Waals surface area contributed by atoms with Gasteiger partial charge in [0.15, 0.2) is 0 Å². The highest BCUT2D eigenvalue weighted by Crippen LogP contribution is 2.32. The van der Waals surface area contributed by atoms with E-state index in [4.69, 9.17) is 4.84 Å². The predicted octanol–water partition coefficient (Wildman–Crippen LogP) is 1.48. The van der Waals surface area contributed by atoms with E-state index in [1.54, 1.807) is 0 Å². The van der Waals surface area contributed by atoms with Crippen molar-refractivity contribution in [1.82, 2.24) is 10.4 Å². The fraction of sp³-hybridized carbons (Fsp3) is 0.857. The Morgan fingerprint density at radius 3 is 2.11 bits per heavy atom. The van der Waals surface area contributed by atoms with Gasteiger partial charge in [0, 0.05) is 24.9 Å². The molecule has 2 fully saturated rings. The van der Waals surface area contributed by atoms with Gasteiger partial charge in [0.05, 0.1) is 5.60 Å². The molecule has 0 aromatic heterocycles. The molecule has 2 amide bonds. The topological polar surface area (TPSA) is 58.6 Å². The summed E-state index contributed by atoms with van der Waals surface area (Å²) in [7, 11) is 0. The number of piperidine rings is 1. The van der Waals surface area contributed by atoms with Crippen molar-refractivity contribution in [2.45, 2.75) is 52.1 Å². The van der Waals surface area contributed by atoms with E-state index < -0.39 is 0 Å². The molecule has 2 aliphatic rings. The van der Waals surface area contributed by atoms with Crippen LogP contribution in [0.5, 0.6) is 0 Å². The maximum absolute atomic E-state index is 11.9. The molecule has 5 nitrogen and oxygen atoms in total. The van der Waals surface area contributed by atoms with Gasteiger partial charge in [0.25, 0.3) is 0 Å². The molecule has 1 aliphatic carbocycles. The molecule has 0 spiro atoms. The zero-order valence-corrected chi connectivity index (χ0v) is 12.1. The first-order chi connectivity index (χ1) is 8.87. The minimum Gasteiger partial charge on any atom is -0.342 e. The van der Waals surface area contributed by atoms with Gasteiger partial charge < -0.3 is 4.90 Å². The number of hydroxylamine groups is 1. The summed E-state index contributed by atoms with van der Waals surface area (Å²) in [5.74, 6) is 0.457. The quantitative estimate of drug-likeness (QED) is 0.789. The first-order valence-corrected chi connectivity index (χ1v) is 7.13. The summed E-state index contributed by atoms with van der Waals surface area (Å²) < 4.78 is 0. The molecule has 1 saturated carbocycles. The fourth-order valence-electron chi connectivity index (χ4n) is 2.24. The molecule has 0 bridgehead atoms. The van der Waals surface area contributed by atoms with E-state index in [2.05, 4.69) is 5.48 Å². The summed E-state index contributed by atoms with van der Waals surface area (Å²) in [4.78, 5) is 31.0. The van der Waals surface area contributed by atoms with Gasteiger partial charge in [-0.2, -0.15) is 0 Å². The predicted molar refractivity (Wildman–Crippen MR) is 71.0 cm³/mol. The first-order valence-electron chi connectivity index (χ1n) is 7.13. The molecule has 2 rings (SSSR count). The van der Waals surface area contributed by atoms with Gasteiger partial charge in [-0.1, -0.05) is 0 Å². The number of carbonyl (C=O) groups excluding carboxylic acids is 2. The van der Waals surface area contributed by atoms with Gasteiger partial charge in [-0.15, -0.1) is 0 Å². The average Bonchev–Trinajstić information content (AvgIpc) is 3.18. The number of likely N-dealkylation sites (tertiary alicyclic amines) is 1. The summed E-state index contributed by atoms with van der Waals surface area (Å²) in [5, 5.41) is 0. The minimum absolute atomic E-state index is 0.0365. The SMILES string of the molecule is CC(C)(C)ONC(=O)C1CCN(C(=O)C2CC2)CC1. The third-order valence-corrected chi connectivity index (χ3v) is 3.56. The second kappa shape index (κ2) is 5.49. The van der Waals surface area contributed by atoms with E-state index in [-0.39, 0.29) is 29.3 Å². The van der Waals surface area contributed by atoms with E-state index in [1.807, 2.05) is 25.7 Å². The van der Waals surface area contributed by atoms with E-state index in [0.29, 0.717) is 13.1 Å². The molecule has 19 heavy (non-hydrogen) atoms. The second-order valence-electron chi connectivity index (χ2n) is 6.55. The van der Waals surface area contributed by atoms with Crippen LogP contribution < -0.4 is 5.48 Å². The third-order valence-electron chi connectivity index (χ3n) is 3.56. The van der Waals surface area contributed by atoms with Crippen LogP contribution in [0.15, 0.2) is 0 Å². The molecule has 0 unspecified atom stereocenters. The van der Waals surface area contributed by atoms with Crippen molar-refractivity contribution in [3.05, 3.63) is 0 Å². The molecular weight excluding hydrogens is 244 g/mol. The Morgan fingerprint density at radius 1 is 1.05 bits per heavy atom. The van der Waals surface area contributed by atoms with Crippen molar-refractivity contribution in [3.63, 3.8) is 0 Å². The van der Waals surface area contributed by atoms with Crippen LogP contribution in [0.1, 0.15) is 46.5 Å². The molecule has 108 valence electrons. The molecule has 1 heterocycles. The molecule has 1 saturated heterocycles. The van der Waals surface area contributed by atoms with Gasteiger partial charge in [-0.05, 0) is 46.5 Å². The van der Waals surface area contributed by atoms with Crippen molar-refractivity contribution >= 4 is 11.8 Å². The van der Waals surface area contributed by atoms with Gasteiger partial charge >= 0.3 is 0 Å². The highest BCUT2D eigenvalue weighted by Gasteiger charge is 2.36. The van der Waals surface area contributed by atoms with E-state index >= 15 is 0 Å². The zero-order chi connectivity index (χ0) is 14.0. The van der Waals surface area contributed by atoms with Crippen LogP contribution in [0, 0.1) is 11.8 Å². The summed E-state index contributed by atoms with van der Waals surface area (Å²) in [6.07, 6.45) is 3.55. The Balaban J connectivity index is 1.73. The number of nitrogens with zero attached hydrogens (tertiary/aromatic N) is 1. The Hall–Kier alpha value is -1.10. The van der Waals surface area contributed by atoms with Crippen molar-refractivity contribution in [2.75, 3.05) is 13.1 Å². The number of nitrogens with one attached hydrogen (secondary N) is 1. The monoisotopic (exact) mass is 268 g/mol. The lowest BCUT2D eigenvalue weighted by Gasteiger charge is -2.32. The molecular formula is C14H24N2O3. The smallest absolute Gasteiger partial charge is 0.246 e. The number of rotatable bonds is 3. The molecule has 0 atom stereocenters. The summed E-state index contributed by atoms with van der Waals surface area (Å²) >= 11 is 0. The minimum atomic E-state index is -0.377. The number of carbonyl (C=O) groups is 2. The molecule has 5 heteroatoms. The maximum atomic E-state index is 11.9. The number of hydrogen-bond acceptors (Lipinski definition) is 3. The van der Waals surface area contributed by atoms with Crippen LogP contribution in [0.25, 0.3) is 0 Å². The maximum Gasteiger partial charge on any atom is 0.246 e. The van der Waals surface area contributed by atoms with Crippen molar-refractivity contribution in [2.24, 2.45) is 11.8 Å². The van der Waals surface area contributed by atoms with Gasteiger partial charge in [0.2, 0.25) is 11.8 Å². The van der Waals surface area contributed by atoms with Gasteiger partial charge in [-0.3, -0.25) is 14.4 Å². The van der Waals surface area contributed by atoms with Crippen molar-refractivity contribution in [3.8, 4) is 0 Å². The first kappa shape index (κ1) is 14.3. The van der Waals surface area contributed by atoms with Crippen LogP contribution >= 0.6 is 0 Å². The highest BCUT2D eigenvalue weighted by atomic mass is 16.7. The van der Waals surface area contributed by atoms with Crippen molar-refractivity contribution in [1.29, 1.82) is 0 Å². The highest BCUT2D eigenvalue weighted by molar-refractivity contribution is 5.82. The fourth-order valence-corrected chi connectivity index (χ4v) is 2.24. The van der Waals surface area contributed by atoms with Crippen LogP contribution in [0.3, 0.4) is 0 Å². The largest absolute Gasteiger partial charge is 0.342 e. The Morgan fingerprint density at radius 2 is 1.63 bits per heavy atom. The van der Waals surface area contributed by atoms with Gasteiger partial charge in [0.1, 0.15) is 0 Å². The van der Waals surface area contributed by atoms with E-state index in [0.717, 1.165) is 25.7 Å². The lowest BCUT2D eigenvalue weighted by atomic mass is 9.96. The molecule has 0 aromatic carbocycles.